The van der Waals surface area contributed by atoms with E-state index < -0.39 is 0 Å². The molecule has 2 heterocycles. The van der Waals surface area contributed by atoms with Gasteiger partial charge in [0, 0.05) is 30.8 Å². The Morgan fingerprint density at radius 1 is 1.40 bits per heavy atom. The van der Waals surface area contributed by atoms with Crippen LogP contribution in [0.1, 0.15) is 24.0 Å². The Bertz CT molecular complexity index is 657. The van der Waals surface area contributed by atoms with Crippen molar-refractivity contribution in [3.8, 4) is 0 Å². The highest BCUT2D eigenvalue weighted by molar-refractivity contribution is 5.79. The number of aromatic amines is 1. The van der Waals surface area contributed by atoms with Gasteiger partial charge in [0.1, 0.15) is 0 Å². The number of aryl methyl sites for hydroxylation is 1. The lowest BCUT2D eigenvalue weighted by Crippen LogP contribution is -2.28. The molecule has 20 heavy (non-hydrogen) atoms. The van der Waals surface area contributed by atoms with Crippen molar-refractivity contribution >= 4 is 10.9 Å². The summed E-state index contributed by atoms with van der Waals surface area (Å²) >= 11 is 0. The number of ether oxygens (including phenoxy) is 1. The Balaban J connectivity index is 1.72. The highest BCUT2D eigenvalue weighted by Gasteiger charge is 2.14. The minimum Gasteiger partial charge on any atom is -0.377 e. The van der Waals surface area contributed by atoms with E-state index in [0.29, 0.717) is 12.6 Å². The third-order valence-electron chi connectivity index (χ3n) is 3.79. The van der Waals surface area contributed by atoms with E-state index in [9.17, 15) is 4.79 Å². The average Bonchev–Trinajstić information content (AvgIpc) is 2.93. The molecular formula is C16H20N2O2. The van der Waals surface area contributed by atoms with Crippen LogP contribution in [-0.4, -0.2) is 24.2 Å². The van der Waals surface area contributed by atoms with Crippen LogP contribution in [0.4, 0.5) is 0 Å². The molecule has 106 valence electrons. The first-order chi connectivity index (χ1) is 9.72. The van der Waals surface area contributed by atoms with Gasteiger partial charge in [0.25, 0.3) is 5.56 Å². The number of benzene rings is 1. The zero-order chi connectivity index (χ0) is 13.9. The molecule has 4 nitrogen and oxygen atoms in total. The first kappa shape index (κ1) is 13.3. The monoisotopic (exact) mass is 272 g/mol. The van der Waals surface area contributed by atoms with Crippen LogP contribution in [0.3, 0.4) is 0 Å². The minimum absolute atomic E-state index is 0.0112. The molecule has 2 N–H and O–H groups in total. The van der Waals surface area contributed by atoms with Gasteiger partial charge in [0.2, 0.25) is 0 Å². The Kier molecular flexibility index (Phi) is 3.85. The lowest BCUT2D eigenvalue weighted by molar-refractivity contribution is 0.110. The van der Waals surface area contributed by atoms with Crippen LogP contribution < -0.4 is 10.9 Å². The van der Waals surface area contributed by atoms with Crippen molar-refractivity contribution in [3.63, 3.8) is 0 Å². The lowest BCUT2D eigenvalue weighted by atomic mass is 10.1. The molecule has 0 amide bonds. The molecule has 1 saturated heterocycles. The van der Waals surface area contributed by atoms with Crippen molar-refractivity contribution in [3.05, 3.63) is 45.7 Å². The van der Waals surface area contributed by atoms with Gasteiger partial charge in [0.15, 0.2) is 0 Å². The van der Waals surface area contributed by atoms with E-state index in [2.05, 4.69) is 16.4 Å². The first-order valence-corrected chi connectivity index (χ1v) is 7.17. The maximum atomic E-state index is 12.0. The van der Waals surface area contributed by atoms with E-state index in [4.69, 9.17) is 4.74 Å². The van der Waals surface area contributed by atoms with Crippen LogP contribution >= 0.6 is 0 Å². The maximum Gasteiger partial charge on any atom is 0.252 e. The Labute approximate surface area is 118 Å². The smallest absolute Gasteiger partial charge is 0.252 e. The third-order valence-corrected chi connectivity index (χ3v) is 3.79. The van der Waals surface area contributed by atoms with Gasteiger partial charge in [0.05, 0.1) is 6.10 Å². The fourth-order valence-electron chi connectivity index (χ4n) is 2.66. The lowest BCUT2D eigenvalue weighted by Gasteiger charge is -2.10. The molecule has 3 rings (SSSR count). The van der Waals surface area contributed by atoms with Crippen molar-refractivity contribution in [2.24, 2.45) is 0 Å². The predicted molar refractivity (Wildman–Crippen MR) is 80.0 cm³/mol. The number of fused-ring (bicyclic) bond motifs is 1. The Hall–Kier alpha value is -1.65. The fourth-order valence-corrected chi connectivity index (χ4v) is 2.66. The molecule has 4 heteroatoms. The summed E-state index contributed by atoms with van der Waals surface area (Å²) in [5, 5.41) is 4.39. The van der Waals surface area contributed by atoms with Crippen LogP contribution in [0.5, 0.6) is 0 Å². The first-order valence-electron chi connectivity index (χ1n) is 7.17. The number of hydrogen-bond donors (Lipinski definition) is 2. The molecule has 1 aliphatic rings. The SMILES string of the molecule is Cc1ccc2cc(CNCC3CCCO3)c(=O)[nH]c2c1. The fraction of sp³-hybridized carbons (Fsp3) is 0.438. The summed E-state index contributed by atoms with van der Waals surface area (Å²) in [6.45, 7) is 4.28. The zero-order valence-corrected chi connectivity index (χ0v) is 11.7. The molecule has 1 aliphatic heterocycles. The molecular weight excluding hydrogens is 252 g/mol. The van der Waals surface area contributed by atoms with Crippen LogP contribution in [0.15, 0.2) is 29.1 Å². The van der Waals surface area contributed by atoms with Crippen molar-refractivity contribution in [2.45, 2.75) is 32.4 Å². The predicted octanol–water partition coefficient (Wildman–Crippen LogP) is 2.11. The molecule has 0 saturated carbocycles. The number of pyridine rings is 1. The number of rotatable bonds is 4. The van der Waals surface area contributed by atoms with Gasteiger partial charge >= 0.3 is 0 Å². The highest BCUT2D eigenvalue weighted by Crippen LogP contribution is 2.13. The standard InChI is InChI=1S/C16H20N2O2/c1-11-4-5-12-8-13(16(19)18-15(12)7-11)9-17-10-14-3-2-6-20-14/h4-5,7-8,14,17H,2-3,6,9-10H2,1H3,(H,18,19). The van der Waals surface area contributed by atoms with Gasteiger partial charge in [-0.05, 0) is 42.8 Å². The summed E-state index contributed by atoms with van der Waals surface area (Å²) in [4.78, 5) is 15.0. The number of nitrogens with one attached hydrogen (secondary N) is 2. The number of H-pyrrole nitrogens is 1. The molecule has 1 atom stereocenters. The largest absolute Gasteiger partial charge is 0.377 e. The van der Waals surface area contributed by atoms with Crippen LogP contribution in [-0.2, 0) is 11.3 Å². The molecule has 2 aromatic rings. The summed E-state index contributed by atoms with van der Waals surface area (Å²) in [6, 6.07) is 8.07. The van der Waals surface area contributed by atoms with E-state index in [1.165, 1.54) is 0 Å². The normalized spacial score (nSPS) is 18.8. The Morgan fingerprint density at radius 3 is 3.10 bits per heavy atom. The summed E-state index contributed by atoms with van der Waals surface area (Å²) < 4.78 is 5.56. The van der Waals surface area contributed by atoms with Gasteiger partial charge in [-0.25, -0.2) is 0 Å². The van der Waals surface area contributed by atoms with Crippen molar-refractivity contribution in [1.29, 1.82) is 0 Å². The highest BCUT2D eigenvalue weighted by atomic mass is 16.5. The van der Waals surface area contributed by atoms with E-state index >= 15 is 0 Å². The van der Waals surface area contributed by atoms with E-state index in [0.717, 1.165) is 48.0 Å². The number of hydrogen-bond acceptors (Lipinski definition) is 3. The van der Waals surface area contributed by atoms with E-state index in [1.807, 2.05) is 25.1 Å². The molecule has 1 fully saturated rings. The van der Waals surface area contributed by atoms with Gasteiger partial charge in [-0.3, -0.25) is 4.79 Å². The van der Waals surface area contributed by atoms with Gasteiger partial charge in [-0.15, -0.1) is 0 Å². The molecule has 1 unspecified atom stereocenters. The topological polar surface area (TPSA) is 54.1 Å². The van der Waals surface area contributed by atoms with Crippen LogP contribution in [0.2, 0.25) is 0 Å². The second-order valence-corrected chi connectivity index (χ2v) is 5.48. The second-order valence-electron chi connectivity index (χ2n) is 5.48. The van der Waals surface area contributed by atoms with E-state index in [-0.39, 0.29) is 5.56 Å². The summed E-state index contributed by atoms with van der Waals surface area (Å²) in [6.07, 6.45) is 2.56. The molecule has 1 aromatic heterocycles. The third kappa shape index (κ3) is 2.92. The summed E-state index contributed by atoms with van der Waals surface area (Å²) in [5.41, 5.74) is 2.82. The Morgan fingerprint density at radius 2 is 2.30 bits per heavy atom. The van der Waals surface area contributed by atoms with Gasteiger partial charge in [-0.2, -0.15) is 0 Å². The minimum atomic E-state index is -0.0112. The molecule has 0 bridgehead atoms. The molecule has 0 aliphatic carbocycles. The van der Waals surface area contributed by atoms with Crippen LogP contribution in [0, 0.1) is 6.92 Å². The van der Waals surface area contributed by atoms with E-state index in [1.54, 1.807) is 0 Å². The van der Waals surface area contributed by atoms with Gasteiger partial charge in [-0.1, -0.05) is 12.1 Å². The summed E-state index contributed by atoms with van der Waals surface area (Å²) in [5.74, 6) is 0. The maximum absolute atomic E-state index is 12.0. The summed E-state index contributed by atoms with van der Waals surface area (Å²) in [7, 11) is 0. The average molecular weight is 272 g/mol. The van der Waals surface area contributed by atoms with Crippen LogP contribution in [0.25, 0.3) is 10.9 Å². The van der Waals surface area contributed by atoms with Crippen molar-refractivity contribution < 1.29 is 4.74 Å². The second kappa shape index (κ2) is 5.77. The van der Waals surface area contributed by atoms with Crippen molar-refractivity contribution in [1.82, 2.24) is 10.3 Å². The molecule has 0 radical (unpaired) electrons. The van der Waals surface area contributed by atoms with Gasteiger partial charge < -0.3 is 15.0 Å². The molecule has 1 aromatic carbocycles. The number of aromatic nitrogens is 1. The molecule has 0 spiro atoms. The zero-order valence-electron chi connectivity index (χ0n) is 11.7. The quantitative estimate of drug-likeness (QED) is 0.896. The van der Waals surface area contributed by atoms with Crippen molar-refractivity contribution in [2.75, 3.05) is 13.2 Å².